The number of hydrogen-bond donors (Lipinski definition) is 0. The van der Waals surface area contributed by atoms with Crippen LogP contribution in [0.2, 0.25) is 0 Å². The van der Waals surface area contributed by atoms with E-state index < -0.39 is 10.8 Å². The van der Waals surface area contributed by atoms with Gasteiger partial charge in [0, 0.05) is 17.3 Å². The number of hydrogen-bond acceptors (Lipinski definition) is 4. The van der Waals surface area contributed by atoms with Crippen LogP contribution in [0.1, 0.15) is 79.7 Å². The molecule has 0 saturated heterocycles. The maximum atomic E-state index is 13.4. The molecule has 1 amide bonds. The van der Waals surface area contributed by atoms with E-state index >= 15 is 0 Å². The van der Waals surface area contributed by atoms with Gasteiger partial charge in [0.05, 0.1) is 18.4 Å². The highest BCUT2D eigenvalue weighted by Crippen LogP contribution is 2.56. The van der Waals surface area contributed by atoms with Crippen LogP contribution in [0.4, 0.5) is 0 Å². The van der Waals surface area contributed by atoms with Gasteiger partial charge in [-0.05, 0) is 63.4 Å². The van der Waals surface area contributed by atoms with Gasteiger partial charge in [0.1, 0.15) is 4.67 Å². The molecule has 2 atom stereocenters. The third-order valence-corrected chi connectivity index (χ3v) is 7.96. The molecule has 0 bridgehead atoms. The number of methoxy groups -OCH3 is 1. The van der Waals surface area contributed by atoms with Gasteiger partial charge >= 0.3 is 5.97 Å². The van der Waals surface area contributed by atoms with E-state index in [0.29, 0.717) is 12.8 Å². The van der Waals surface area contributed by atoms with Crippen molar-refractivity contribution in [3.63, 3.8) is 0 Å². The number of aromatic nitrogens is 1. The van der Waals surface area contributed by atoms with Crippen molar-refractivity contribution >= 4 is 23.4 Å². The second kappa shape index (κ2) is 8.13. The highest BCUT2D eigenvalue weighted by molar-refractivity contribution is 7.04. The van der Waals surface area contributed by atoms with Gasteiger partial charge in [0.25, 0.3) is 5.91 Å². The summed E-state index contributed by atoms with van der Waals surface area (Å²) >= 11 is 1.55. The van der Waals surface area contributed by atoms with Crippen molar-refractivity contribution in [2.24, 2.45) is 21.7 Å². The zero-order valence-corrected chi connectivity index (χ0v) is 19.5. The first-order valence-corrected chi connectivity index (χ1v) is 11.0. The molecule has 1 saturated carbocycles. The van der Waals surface area contributed by atoms with Crippen LogP contribution in [0.3, 0.4) is 0 Å². The third-order valence-electron chi connectivity index (χ3n) is 6.58. The van der Waals surface area contributed by atoms with Crippen molar-refractivity contribution < 1.29 is 14.3 Å². The minimum atomic E-state index is -0.676. The fraction of sp³-hybridized carbons (Fsp3) is 0.773. The molecule has 6 heteroatoms. The normalized spacial score (nSPS) is 25.1. The van der Waals surface area contributed by atoms with E-state index in [2.05, 4.69) is 42.8 Å². The zero-order chi connectivity index (χ0) is 21.3. The maximum Gasteiger partial charge on any atom is 0.309 e. The van der Waals surface area contributed by atoms with Crippen LogP contribution in [-0.2, 0) is 26.3 Å². The second-order valence-corrected chi connectivity index (χ2v) is 10.7. The molecule has 0 spiro atoms. The number of unbranched alkanes of at least 4 members (excludes halogenated alkanes) is 1. The largest absolute Gasteiger partial charge is 0.469 e. The van der Waals surface area contributed by atoms with Crippen LogP contribution in [-0.4, -0.2) is 22.9 Å². The van der Waals surface area contributed by atoms with E-state index in [4.69, 9.17) is 4.74 Å². The summed E-state index contributed by atoms with van der Waals surface area (Å²) in [6.45, 7) is 14.6. The van der Waals surface area contributed by atoms with Crippen molar-refractivity contribution in [2.45, 2.75) is 86.1 Å². The Bertz CT molecular complexity index is 797. The average Bonchev–Trinajstić information content (AvgIpc) is 3.12. The summed E-state index contributed by atoms with van der Waals surface area (Å²) in [7, 11) is 1.41. The van der Waals surface area contributed by atoms with Gasteiger partial charge < -0.3 is 4.74 Å². The third kappa shape index (κ3) is 4.12. The smallest absolute Gasteiger partial charge is 0.309 e. The van der Waals surface area contributed by atoms with Crippen molar-refractivity contribution in [1.29, 1.82) is 0 Å². The number of aryl methyl sites for hydroxylation is 1. The molecule has 1 aliphatic carbocycles. The van der Waals surface area contributed by atoms with Gasteiger partial charge in [-0.1, -0.05) is 34.1 Å². The number of rotatable bonds is 5. The maximum absolute atomic E-state index is 13.4. The topological polar surface area (TPSA) is 60.7 Å². The second-order valence-electron chi connectivity index (χ2n) is 9.74. The molecule has 1 aromatic rings. The minimum Gasteiger partial charge on any atom is -0.469 e. The van der Waals surface area contributed by atoms with Crippen LogP contribution in [0, 0.1) is 16.7 Å². The lowest BCUT2D eigenvalue weighted by Crippen LogP contribution is -2.42. The van der Waals surface area contributed by atoms with E-state index in [1.54, 1.807) is 11.5 Å². The number of amides is 1. The average molecular weight is 409 g/mol. The Balaban J connectivity index is 2.45. The lowest BCUT2D eigenvalue weighted by molar-refractivity contribution is -0.151. The predicted octanol–water partition coefficient (Wildman–Crippen LogP) is 4.69. The lowest BCUT2D eigenvalue weighted by Gasteiger charge is -2.38. The number of carbonyl (C=O) groups is 2. The highest BCUT2D eigenvalue weighted by atomic mass is 32.1. The Kier molecular flexibility index (Phi) is 6.64. The molecule has 0 unspecified atom stereocenters. The summed E-state index contributed by atoms with van der Waals surface area (Å²) in [4.78, 5) is 30.2. The first-order chi connectivity index (χ1) is 12.9. The molecule has 0 aliphatic heterocycles. The van der Waals surface area contributed by atoms with Gasteiger partial charge in [-0.25, -0.2) is 4.99 Å². The molecule has 1 aromatic heterocycles. The molecule has 0 N–H and O–H groups in total. The monoisotopic (exact) mass is 408 g/mol. The zero-order valence-electron chi connectivity index (χ0n) is 18.7. The number of ether oxygens (including phenoxy) is 1. The van der Waals surface area contributed by atoms with Crippen LogP contribution in [0.25, 0.3) is 0 Å². The minimum absolute atomic E-state index is 0.0467. The van der Waals surface area contributed by atoms with E-state index in [9.17, 15) is 9.59 Å². The summed E-state index contributed by atoms with van der Waals surface area (Å²) in [5.74, 6) is -0.625. The van der Waals surface area contributed by atoms with Gasteiger partial charge in [-0.2, -0.15) is 0 Å². The van der Waals surface area contributed by atoms with Gasteiger partial charge in [0.2, 0.25) is 0 Å². The van der Waals surface area contributed by atoms with Crippen LogP contribution in [0.5, 0.6) is 0 Å². The Morgan fingerprint density at radius 2 is 1.96 bits per heavy atom. The fourth-order valence-corrected chi connectivity index (χ4v) is 5.03. The molecule has 0 radical (unpaired) electrons. The van der Waals surface area contributed by atoms with E-state index in [-0.39, 0.29) is 23.3 Å². The number of nitrogens with zero attached hydrogens (tertiary/aromatic N) is 2. The molecule has 5 nitrogen and oxygen atoms in total. The lowest BCUT2D eigenvalue weighted by atomic mass is 9.65. The SMILES string of the molecule is CCCCc1cn(C(C)(C)C)sc1=NC(=O)[C@]1(C)CC[C@H](C(=O)OC)C1(C)C. The number of carbonyl (C=O) groups excluding carboxylic acids is 2. The summed E-state index contributed by atoms with van der Waals surface area (Å²) in [5, 5.41) is 0. The van der Waals surface area contributed by atoms with Gasteiger partial charge in [0.15, 0.2) is 0 Å². The molecule has 1 fully saturated rings. The van der Waals surface area contributed by atoms with E-state index in [1.165, 1.54) is 7.11 Å². The van der Waals surface area contributed by atoms with Gasteiger partial charge in [-0.3, -0.25) is 13.5 Å². The molecule has 2 rings (SSSR count). The summed E-state index contributed by atoms with van der Waals surface area (Å²) in [5.41, 5.74) is -0.0833. The Hall–Kier alpha value is -1.43. The van der Waals surface area contributed by atoms with Crippen LogP contribution in [0.15, 0.2) is 11.2 Å². The quantitative estimate of drug-likeness (QED) is 0.664. The Morgan fingerprint density at radius 1 is 1.32 bits per heavy atom. The molecular formula is C22H36N2O3S. The van der Waals surface area contributed by atoms with Crippen molar-refractivity contribution in [3.05, 3.63) is 16.4 Å². The van der Waals surface area contributed by atoms with Crippen LogP contribution >= 0.6 is 11.5 Å². The highest BCUT2D eigenvalue weighted by Gasteiger charge is 2.58. The summed E-state index contributed by atoms with van der Waals surface area (Å²) in [6.07, 6.45) is 6.55. The first-order valence-electron chi connectivity index (χ1n) is 10.3. The molecule has 158 valence electrons. The molecule has 1 aliphatic rings. The summed E-state index contributed by atoms with van der Waals surface area (Å²) < 4.78 is 7.98. The fourth-order valence-electron chi connectivity index (χ4n) is 3.99. The van der Waals surface area contributed by atoms with Crippen LogP contribution < -0.4 is 4.67 Å². The molecular weight excluding hydrogens is 372 g/mol. The number of esters is 1. The first kappa shape index (κ1) is 22.9. The van der Waals surface area contributed by atoms with E-state index in [0.717, 1.165) is 29.5 Å². The molecule has 28 heavy (non-hydrogen) atoms. The Morgan fingerprint density at radius 3 is 2.50 bits per heavy atom. The summed E-state index contributed by atoms with van der Waals surface area (Å²) in [6, 6.07) is 0. The Labute approximate surface area is 173 Å². The van der Waals surface area contributed by atoms with Crippen molar-refractivity contribution in [1.82, 2.24) is 3.96 Å². The predicted molar refractivity (Wildman–Crippen MR) is 113 cm³/mol. The van der Waals surface area contributed by atoms with Gasteiger partial charge in [-0.15, -0.1) is 0 Å². The standard InChI is InChI=1S/C22H36N2O3S/c1-9-10-11-15-14-24(20(2,3)4)28-17(15)23-19(26)22(7)13-12-16(18(25)27-8)21(22,5)6/h14,16H,9-13H2,1-8H3/t16-,22+/m1/s1. The van der Waals surface area contributed by atoms with Crippen molar-refractivity contribution in [3.8, 4) is 0 Å². The molecule has 0 aromatic carbocycles. The molecule has 1 heterocycles. The van der Waals surface area contributed by atoms with Crippen molar-refractivity contribution in [2.75, 3.05) is 7.11 Å². The van der Waals surface area contributed by atoms with E-state index in [1.807, 2.05) is 20.8 Å².